The Morgan fingerprint density at radius 1 is 0.714 bits per heavy atom. The molecule has 0 heterocycles. The molecule has 0 aliphatic heterocycles. The summed E-state index contributed by atoms with van der Waals surface area (Å²) in [6.07, 6.45) is -2.88. The predicted molar refractivity (Wildman–Crippen MR) is 99.0 cm³/mol. The molecule has 154 valence electrons. The molecule has 28 heavy (non-hydrogen) atoms. The summed E-state index contributed by atoms with van der Waals surface area (Å²) in [5.74, 6) is -4.67. The van der Waals surface area contributed by atoms with Crippen molar-refractivity contribution in [2.24, 2.45) is 10.8 Å². The van der Waals surface area contributed by atoms with Gasteiger partial charge >= 0.3 is 23.9 Å². The number of aliphatic carboxylic acids is 2. The van der Waals surface area contributed by atoms with Crippen LogP contribution in [0.3, 0.4) is 0 Å². The molecule has 0 aliphatic carbocycles. The van der Waals surface area contributed by atoms with Gasteiger partial charge in [0.2, 0.25) is 12.2 Å². The van der Waals surface area contributed by atoms with Gasteiger partial charge in [-0.25, -0.2) is 19.2 Å². The van der Waals surface area contributed by atoms with Gasteiger partial charge in [0.25, 0.3) is 0 Å². The first-order chi connectivity index (χ1) is 12.7. The van der Waals surface area contributed by atoms with E-state index in [0.717, 1.165) is 0 Å². The maximum Gasteiger partial charge on any atom is 0.345 e. The minimum Gasteiger partial charge on any atom is -0.478 e. The average molecular weight is 394 g/mol. The zero-order valence-electron chi connectivity index (χ0n) is 16.8. The van der Waals surface area contributed by atoms with E-state index in [2.05, 4.69) is 0 Å². The summed E-state index contributed by atoms with van der Waals surface area (Å²) in [5.41, 5.74) is -2.17. The zero-order valence-corrected chi connectivity index (χ0v) is 16.8. The van der Waals surface area contributed by atoms with Crippen LogP contribution >= 0.6 is 0 Å². The maximum absolute atomic E-state index is 12.5. The molecule has 0 saturated heterocycles. The Morgan fingerprint density at radius 3 is 1.21 bits per heavy atom. The van der Waals surface area contributed by atoms with Crippen LogP contribution < -0.4 is 0 Å². The molecule has 2 atom stereocenters. The smallest absolute Gasteiger partial charge is 0.345 e. The van der Waals surface area contributed by atoms with Crippen molar-refractivity contribution in [1.29, 1.82) is 0 Å². The summed E-state index contributed by atoms with van der Waals surface area (Å²) in [6, 6.07) is 5.51. The lowest BCUT2D eigenvalue weighted by Gasteiger charge is -2.27. The van der Waals surface area contributed by atoms with Gasteiger partial charge < -0.3 is 19.7 Å². The molecular weight excluding hydrogens is 368 g/mol. The average Bonchev–Trinajstić information content (AvgIpc) is 2.54. The Balaban J connectivity index is 3.19. The Labute approximate surface area is 163 Å². The number of carbonyl (C=O) groups is 4. The van der Waals surface area contributed by atoms with E-state index in [1.165, 1.54) is 24.3 Å². The molecule has 0 radical (unpaired) electrons. The van der Waals surface area contributed by atoms with Crippen LogP contribution in [-0.4, -0.2) is 46.3 Å². The quantitative estimate of drug-likeness (QED) is 0.705. The van der Waals surface area contributed by atoms with E-state index in [9.17, 15) is 29.4 Å². The second-order valence-electron chi connectivity index (χ2n) is 8.52. The molecule has 1 aromatic carbocycles. The first kappa shape index (κ1) is 23.1. The summed E-state index contributed by atoms with van der Waals surface area (Å²) in [6.45, 7) is 9.58. The molecule has 2 N–H and O–H groups in total. The van der Waals surface area contributed by atoms with E-state index >= 15 is 0 Å². The highest BCUT2D eigenvalue weighted by Gasteiger charge is 2.38. The van der Waals surface area contributed by atoms with Gasteiger partial charge in [-0.1, -0.05) is 53.7 Å². The number of hydrogen-bond donors (Lipinski definition) is 2. The molecule has 0 aromatic heterocycles. The summed E-state index contributed by atoms with van der Waals surface area (Å²) in [7, 11) is 0. The third-order valence-electron chi connectivity index (χ3n) is 3.84. The van der Waals surface area contributed by atoms with Gasteiger partial charge in [0.1, 0.15) is 0 Å². The van der Waals surface area contributed by atoms with Crippen molar-refractivity contribution in [2.75, 3.05) is 0 Å². The fourth-order valence-electron chi connectivity index (χ4n) is 2.38. The van der Waals surface area contributed by atoms with Crippen LogP contribution in [0.5, 0.6) is 0 Å². The normalized spacial score (nSPS) is 13.9. The van der Waals surface area contributed by atoms with E-state index in [0.29, 0.717) is 0 Å². The van der Waals surface area contributed by atoms with Crippen LogP contribution in [0.4, 0.5) is 0 Å². The van der Waals surface area contributed by atoms with Gasteiger partial charge in [0.15, 0.2) is 0 Å². The fraction of sp³-hybridized carbons (Fsp3) is 0.500. The zero-order chi connectivity index (χ0) is 21.9. The summed E-state index contributed by atoms with van der Waals surface area (Å²) < 4.78 is 10.2. The fourth-order valence-corrected chi connectivity index (χ4v) is 2.38. The number of hydrogen-bond acceptors (Lipinski definition) is 6. The Bertz CT molecular complexity index is 702. The monoisotopic (exact) mass is 394 g/mol. The van der Waals surface area contributed by atoms with Crippen molar-refractivity contribution < 1.29 is 38.9 Å². The molecule has 0 aliphatic rings. The number of esters is 2. The maximum atomic E-state index is 12.5. The van der Waals surface area contributed by atoms with Crippen LogP contribution in [0.2, 0.25) is 0 Å². The van der Waals surface area contributed by atoms with Gasteiger partial charge in [0, 0.05) is 10.8 Å². The highest BCUT2D eigenvalue weighted by atomic mass is 16.6. The number of carboxylic acids is 2. The molecule has 0 amide bonds. The number of ether oxygens (including phenoxy) is 2. The minimum absolute atomic E-state index is 0.207. The molecule has 0 fully saturated rings. The van der Waals surface area contributed by atoms with E-state index in [1.807, 2.05) is 0 Å². The van der Waals surface area contributed by atoms with Gasteiger partial charge in [0.05, 0.1) is 11.1 Å². The summed E-state index contributed by atoms with van der Waals surface area (Å²) in [4.78, 5) is 47.9. The largest absolute Gasteiger partial charge is 0.478 e. The third-order valence-corrected chi connectivity index (χ3v) is 3.84. The molecule has 1 rings (SSSR count). The molecule has 0 spiro atoms. The first-order valence-corrected chi connectivity index (χ1v) is 8.63. The van der Waals surface area contributed by atoms with Crippen molar-refractivity contribution in [2.45, 2.75) is 53.8 Å². The Kier molecular flexibility index (Phi) is 6.95. The first-order valence-electron chi connectivity index (χ1n) is 8.63. The van der Waals surface area contributed by atoms with E-state index in [-0.39, 0.29) is 11.1 Å². The number of benzene rings is 1. The summed E-state index contributed by atoms with van der Waals surface area (Å²) >= 11 is 0. The summed E-state index contributed by atoms with van der Waals surface area (Å²) in [5, 5.41) is 18.6. The van der Waals surface area contributed by atoms with Crippen molar-refractivity contribution in [3.63, 3.8) is 0 Å². The van der Waals surface area contributed by atoms with Crippen LogP contribution in [0, 0.1) is 10.8 Å². The lowest BCUT2D eigenvalue weighted by atomic mass is 9.89. The van der Waals surface area contributed by atoms with Gasteiger partial charge in [-0.15, -0.1) is 0 Å². The van der Waals surface area contributed by atoms with Gasteiger partial charge in [-0.3, -0.25) is 0 Å². The van der Waals surface area contributed by atoms with Crippen LogP contribution in [-0.2, 0) is 19.1 Å². The Morgan fingerprint density at radius 2 is 1.00 bits per heavy atom. The third kappa shape index (κ3) is 5.80. The standard InChI is InChI=1S/C20H26O8/c1-19(2,3)13(15(21)22)27-17(25)11-9-7-8-10-12(11)18(26)28-14(16(23)24)20(4,5)6/h7-10,13-14H,1-6H3,(H,21,22)(H,23,24)/t13-,14-/m0/s1. The van der Waals surface area contributed by atoms with E-state index in [1.54, 1.807) is 41.5 Å². The second-order valence-corrected chi connectivity index (χ2v) is 8.52. The number of rotatable bonds is 6. The molecule has 0 saturated carbocycles. The van der Waals surface area contributed by atoms with E-state index in [4.69, 9.17) is 9.47 Å². The lowest BCUT2D eigenvalue weighted by molar-refractivity contribution is -0.154. The van der Waals surface area contributed by atoms with Crippen LogP contribution in [0.15, 0.2) is 24.3 Å². The molecule has 0 bridgehead atoms. The topological polar surface area (TPSA) is 127 Å². The highest BCUT2D eigenvalue weighted by molar-refractivity contribution is 6.04. The lowest BCUT2D eigenvalue weighted by Crippen LogP contribution is -2.40. The van der Waals surface area contributed by atoms with Crippen molar-refractivity contribution in [1.82, 2.24) is 0 Å². The predicted octanol–water partition coefficient (Wildman–Crippen LogP) is 3.00. The molecule has 0 unspecified atom stereocenters. The van der Waals surface area contributed by atoms with Crippen molar-refractivity contribution >= 4 is 23.9 Å². The van der Waals surface area contributed by atoms with Gasteiger partial charge in [-0.05, 0) is 12.1 Å². The minimum atomic E-state index is -1.44. The molecule has 1 aromatic rings. The Hall–Kier alpha value is -2.90. The number of carbonyl (C=O) groups excluding carboxylic acids is 2. The highest BCUT2D eigenvalue weighted by Crippen LogP contribution is 2.26. The molecule has 8 nitrogen and oxygen atoms in total. The second kappa shape index (κ2) is 8.41. The van der Waals surface area contributed by atoms with Gasteiger partial charge in [-0.2, -0.15) is 0 Å². The van der Waals surface area contributed by atoms with E-state index < -0.39 is 46.9 Å². The molecular formula is C20H26O8. The van der Waals surface area contributed by atoms with Crippen LogP contribution in [0.1, 0.15) is 62.3 Å². The van der Waals surface area contributed by atoms with Crippen LogP contribution in [0.25, 0.3) is 0 Å². The number of carboxylic acid groups (broad SMARTS) is 2. The SMILES string of the molecule is CC(C)(C)[C@@H](OC(=O)c1ccccc1C(=O)O[C@@H](C(=O)O)C(C)(C)C)C(=O)O. The molecule has 8 heteroatoms. The van der Waals surface area contributed by atoms with Crippen molar-refractivity contribution in [3.05, 3.63) is 35.4 Å². The van der Waals surface area contributed by atoms with Crippen molar-refractivity contribution in [3.8, 4) is 0 Å².